The van der Waals surface area contributed by atoms with E-state index < -0.39 is 24.1 Å². The maximum atomic E-state index is 13.9. The van der Waals surface area contributed by atoms with E-state index in [1.54, 1.807) is 37.0 Å². The first-order chi connectivity index (χ1) is 23.8. The van der Waals surface area contributed by atoms with E-state index in [1.165, 1.54) is 10.6 Å². The molecule has 2 atom stereocenters. The molecule has 272 valence electrons. The Labute approximate surface area is 295 Å². The molecular formula is C37H49F4N7OS. The molecule has 0 saturated heterocycles. The Bertz CT molecular complexity index is 1800. The predicted molar refractivity (Wildman–Crippen MR) is 197 cm³/mol. The molecule has 5 N–H and O–H groups in total. The van der Waals surface area contributed by atoms with E-state index in [2.05, 4.69) is 26.8 Å². The Balaban J connectivity index is 1.69. The van der Waals surface area contributed by atoms with Crippen molar-refractivity contribution in [1.82, 2.24) is 19.4 Å². The van der Waals surface area contributed by atoms with Gasteiger partial charge in [-0.15, -0.1) is 11.8 Å². The Morgan fingerprint density at radius 3 is 2.52 bits per heavy atom. The van der Waals surface area contributed by atoms with E-state index in [9.17, 15) is 22.4 Å². The number of amidine groups is 1. The van der Waals surface area contributed by atoms with E-state index >= 15 is 0 Å². The van der Waals surface area contributed by atoms with Gasteiger partial charge in [-0.2, -0.15) is 18.2 Å². The second-order valence-corrected chi connectivity index (χ2v) is 13.7. The number of alkyl halides is 4. The molecule has 0 aliphatic carbocycles. The first-order valence-corrected chi connectivity index (χ1v) is 18.4. The van der Waals surface area contributed by atoms with Gasteiger partial charge in [-0.05, 0) is 112 Å². The van der Waals surface area contributed by atoms with Crippen LogP contribution in [0, 0.1) is 0 Å². The summed E-state index contributed by atoms with van der Waals surface area (Å²) in [5.74, 6) is 0.540. The van der Waals surface area contributed by atoms with Gasteiger partial charge in [0.15, 0.2) is 0 Å². The quantitative estimate of drug-likeness (QED) is 0.0316. The highest BCUT2D eigenvalue weighted by atomic mass is 32.2. The second kappa shape index (κ2) is 18.0. The summed E-state index contributed by atoms with van der Waals surface area (Å²) in [5.41, 5.74) is 13.7. The number of hydrogen-bond acceptors (Lipinski definition) is 6. The molecule has 2 heterocycles. The van der Waals surface area contributed by atoms with E-state index in [-0.39, 0.29) is 12.1 Å². The number of nitrogens with one attached hydrogen (secondary N) is 1. The highest BCUT2D eigenvalue weighted by Crippen LogP contribution is 2.36. The normalized spacial score (nSPS) is 13.8. The van der Waals surface area contributed by atoms with Crippen molar-refractivity contribution in [3.05, 3.63) is 75.8 Å². The minimum atomic E-state index is -4.51. The Morgan fingerprint density at radius 2 is 1.86 bits per heavy atom. The number of nitrogens with zero attached hydrogens (tertiary/aromatic N) is 4. The Kier molecular flexibility index (Phi) is 14.1. The summed E-state index contributed by atoms with van der Waals surface area (Å²) >= 11 is 1.57. The molecule has 0 fully saturated rings. The highest BCUT2D eigenvalue weighted by molar-refractivity contribution is 7.98. The van der Waals surface area contributed by atoms with Gasteiger partial charge in [0.25, 0.3) is 0 Å². The maximum Gasteiger partial charge on any atom is 0.416 e. The molecule has 0 radical (unpaired) electrons. The number of aromatic nitrogens is 3. The van der Waals surface area contributed by atoms with Gasteiger partial charge < -0.3 is 16.5 Å². The maximum absolute atomic E-state index is 13.9. The van der Waals surface area contributed by atoms with Gasteiger partial charge >= 0.3 is 11.9 Å². The highest BCUT2D eigenvalue weighted by Gasteiger charge is 2.31. The lowest BCUT2D eigenvalue weighted by molar-refractivity contribution is -0.137. The van der Waals surface area contributed by atoms with Gasteiger partial charge in [-0.25, -0.2) is 4.79 Å². The minimum absolute atomic E-state index is 0.0345. The largest absolute Gasteiger partial charge is 0.416 e. The van der Waals surface area contributed by atoms with E-state index in [0.717, 1.165) is 42.3 Å². The van der Waals surface area contributed by atoms with Crippen molar-refractivity contribution in [2.75, 3.05) is 32.6 Å². The van der Waals surface area contributed by atoms with E-state index in [1.807, 2.05) is 31.4 Å². The van der Waals surface area contributed by atoms with Gasteiger partial charge in [-0.1, -0.05) is 19.4 Å². The number of thioether (sulfide) groups is 1. The van der Waals surface area contributed by atoms with Crippen molar-refractivity contribution in [3.63, 3.8) is 0 Å². The fourth-order valence-corrected chi connectivity index (χ4v) is 6.95. The summed E-state index contributed by atoms with van der Waals surface area (Å²) in [6, 6.07) is 11.7. The van der Waals surface area contributed by atoms with Gasteiger partial charge in [0.05, 0.1) is 23.8 Å². The third-order valence-electron chi connectivity index (χ3n) is 8.66. The first-order valence-electron chi connectivity index (χ1n) is 17.2. The molecule has 0 aliphatic heterocycles. The molecule has 0 spiro atoms. The fraction of sp³-hybridized carbons (Fsp3) is 0.486. The smallest absolute Gasteiger partial charge is 0.388 e. The summed E-state index contributed by atoms with van der Waals surface area (Å²) in [5, 5.41) is 0.585. The molecule has 2 aromatic heterocycles. The SMILES string of the molecule is CCCC(c1ccc(-n2cc3cc(-c4cc(CCCC(C)N)cc(C(F)(F)F)c4)[nH]c3nc2=O)cc1SC)N(CCCF)CCCN=C(C)N. The van der Waals surface area contributed by atoms with Crippen molar-refractivity contribution in [2.24, 2.45) is 16.5 Å². The van der Waals surface area contributed by atoms with E-state index in [0.29, 0.717) is 78.2 Å². The molecule has 8 nitrogen and oxygen atoms in total. The molecule has 4 rings (SSSR count). The van der Waals surface area contributed by atoms with Crippen LogP contribution in [-0.2, 0) is 12.6 Å². The molecule has 0 amide bonds. The molecule has 50 heavy (non-hydrogen) atoms. The summed E-state index contributed by atoms with van der Waals surface area (Å²) in [4.78, 5) is 28.3. The third kappa shape index (κ3) is 10.4. The van der Waals surface area contributed by atoms with Crippen LogP contribution >= 0.6 is 11.8 Å². The number of fused-ring (bicyclic) bond motifs is 1. The van der Waals surface area contributed by atoms with Gasteiger partial charge in [0.1, 0.15) is 5.65 Å². The lowest BCUT2D eigenvalue weighted by atomic mass is 9.99. The predicted octanol–water partition coefficient (Wildman–Crippen LogP) is 8.06. The zero-order valence-corrected chi connectivity index (χ0v) is 30.1. The molecule has 0 saturated carbocycles. The Morgan fingerprint density at radius 1 is 1.10 bits per heavy atom. The molecule has 0 bridgehead atoms. The van der Waals surface area contributed by atoms with Crippen LogP contribution in [0.1, 0.15) is 82.0 Å². The lowest BCUT2D eigenvalue weighted by Crippen LogP contribution is -2.32. The number of hydrogen-bond donors (Lipinski definition) is 3. The number of H-pyrrole nitrogens is 1. The molecule has 2 unspecified atom stereocenters. The number of aromatic amines is 1. The molecule has 13 heteroatoms. The number of nitrogens with two attached hydrogens (primary N) is 2. The third-order valence-corrected chi connectivity index (χ3v) is 9.46. The van der Waals surface area contributed by atoms with Crippen LogP contribution < -0.4 is 17.2 Å². The molecular weight excluding hydrogens is 667 g/mol. The molecule has 4 aromatic rings. The average Bonchev–Trinajstić information content (AvgIpc) is 3.48. The van der Waals surface area contributed by atoms with Crippen molar-refractivity contribution in [3.8, 4) is 16.9 Å². The molecule has 2 aromatic carbocycles. The minimum Gasteiger partial charge on any atom is -0.388 e. The zero-order chi connectivity index (χ0) is 36.4. The average molecular weight is 716 g/mol. The monoisotopic (exact) mass is 715 g/mol. The molecule has 0 aliphatic rings. The summed E-state index contributed by atoms with van der Waals surface area (Å²) < 4.78 is 56.4. The fourth-order valence-electron chi connectivity index (χ4n) is 6.27. The summed E-state index contributed by atoms with van der Waals surface area (Å²) in [6.07, 6.45) is 4.01. The number of rotatable bonds is 18. The first kappa shape index (κ1) is 39.1. The number of halogens is 4. The van der Waals surface area contributed by atoms with Gasteiger partial charge in [-0.3, -0.25) is 18.8 Å². The van der Waals surface area contributed by atoms with Crippen molar-refractivity contribution in [2.45, 2.75) is 88.9 Å². The lowest BCUT2D eigenvalue weighted by Gasteiger charge is -2.33. The standard InChI is InChI=1S/C37H49F4N7OS/c1-5-9-33(47(16-7-14-38)17-8-15-44-25(3)43)31-13-12-30(22-34(31)50-4)48-23-28-21-32(45-35(28)46-36(48)49)27-18-26(11-6-10-24(2)42)19-29(20-27)37(39,40)41/h12-13,18-24,33H,5-11,14-17,42H2,1-4H3,(H2,43,44)(H,45,46,49). The van der Waals surface area contributed by atoms with Crippen LogP contribution in [0.5, 0.6) is 0 Å². The van der Waals surface area contributed by atoms with Crippen molar-refractivity contribution in [1.29, 1.82) is 0 Å². The second-order valence-electron chi connectivity index (χ2n) is 12.9. The van der Waals surface area contributed by atoms with Crippen molar-refractivity contribution < 1.29 is 17.6 Å². The van der Waals surface area contributed by atoms with E-state index in [4.69, 9.17) is 11.5 Å². The number of aryl methyl sites for hydroxylation is 1. The van der Waals surface area contributed by atoms with Gasteiger partial charge in [0.2, 0.25) is 0 Å². The topological polar surface area (TPSA) is 118 Å². The van der Waals surface area contributed by atoms with Crippen LogP contribution in [0.4, 0.5) is 17.6 Å². The van der Waals surface area contributed by atoms with Crippen LogP contribution in [-0.4, -0.2) is 63.9 Å². The van der Waals surface area contributed by atoms with Crippen LogP contribution in [0.25, 0.3) is 28.0 Å². The van der Waals surface area contributed by atoms with Crippen LogP contribution in [0.3, 0.4) is 0 Å². The zero-order valence-electron chi connectivity index (χ0n) is 29.3. The van der Waals surface area contributed by atoms with Gasteiger partial charge in [0, 0.05) is 53.9 Å². The van der Waals surface area contributed by atoms with Crippen LogP contribution in [0.15, 0.2) is 63.3 Å². The Hall–Kier alpha value is -3.68. The summed E-state index contributed by atoms with van der Waals surface area (Å²) in [7, 11) is 0. The van der Waals surface area contributed by atoms with Crippen molar-refractivity contribution >= 4 is 28.6 Å². The number of benzene rings is 2. The summed E-state index contributed by atoms with van der Waals surface area (Å²) in [6.45, 7) is 7.32. The van der Waals surface area contributed by atoms with Crippen LogP contribution in [0.2, 0.25) is 0 Å². The number of aliphatic imine (C=N–C) groups is 1.